The molecule has 2 N–H and O–H groups in total. The van der Waals surface area contributed by atoms with Gasteiger partial charge in [-0.05, 0) is 43.2 Å². The van der Waals surface area contributed by atoms with Gasteiger partial charge in [-0.25, -0.2) is 0 Å². The number of ether oxygens (including phenoxy) is 1. The SMILES string of the molecule is CCOc1cc(CNC2CCCC2SCC)ccc1O. The minimum Gasteiger partial charge on any atom is -0.504 e. The molecule has 2 rings (SSSR count). The first-order valence-corrected chi connectivity index (χ1v) is 8.59. The van der Waals surface area contributed by atoms with Gasteiger partial charge in [0.1, 0.15) is 0 Å². The molecule has 3 nitrogen and oxygen atoms in total. The summed E-state index contributed by atoms with van der Waals surface area (Å²) < 4.78 is 5.43. The Hall–Kier alpha value is -0.870. The number of hydrogen-bond donors (Lipinski definition) is 2. The van der Waals surface area contributed by atoms with Gasteiger partial charge in [0.2, 0.25) is 0 Å². The van der Waals surface area contributed by atoms with Crippen LogP contribution in [-0.4, -0.2) is 28.8 Å². The normalized spacial score (nSPS) is 22.1. The summed E-state index contributed by atoms with van der Waals surface area (Å²) in [5.41, 5.74) is 1.17. The van der Waals surface area contributed by atoms with Crippen LogP contribution in [0.2, 0.25) is 0 Å². The predicted molar refractivity (Wildman–Crippen MR) is 85.7 cm³/mol. The van der Waals surface area contributed by atoms with Gasteiger partial charge in [-0.2, -0.15) is 11.8 Å². The van der Waals surface area contributed by atoms with Gasteiger partial charge in [-0.1, -0.05) is 19.4 Å². The molecule has 0 radical (unpaired) electrons. The fourth-order valence-corrected chi connectivity index (χ4v) is 3.99. The van der Waals surface area contributed by atoms with Crippen LogP contribution in [0.15, 0.2) is 18.2 Å². The summed E-state index contributed by atoms with van der Waals surface area (Å²) >= 11 is 2.07. The molecular formula is C16H25NO2S. The van der Waals surface area contributed by atoms with E-state index >= 15 is 0 Å². The molecule has 2 unspecified atom stereocenters. The van der Waals surface area contributed by atoms with Gasteiger partial charge in [0.25, 0.3) is 0 Å². The monoisotopic (exact) mass is 295 g/mol. The number of phenols is 1. The van der Waals surface area contributed by atoms with Crippen LogP contribution in [0.1, 0.15) is 38.7 Å². The van der Waals surface area contributed by atoms with E-state index in [-0.39, 0.29) is 5.75 Å². The number of thioether (sulfide) groups is 1. The molecule has 20 heavy (non-hydrogen) atoms. The van der Waals surface area contributed by atoms with Crippen LogP contribution in [0.5, 0.6) is 11.5 Å². The summed E-state index contributed by atoms with van der Waals surface area (Å²) in [6.07, 6.45) is 3.93. The summed E-state index contributed by atoms with van der Waals surface area (Å²) in [6, 6.07) is 6.23. The quantitative estimate of drug-likeness (QED) is 0.807. The number of benzene rings is 1. The lowest BCUT2D eigenvalue weighted by atomic mass is 10.1. The lowest BCUT2D eigenvalue weighted by Crippen LogP contribution is -2.33. The van der Waals surface area contributed by atoms with Gasteiger partial charge in [-0.15, -0.1) is 0 Å². The summed E-state index contributed by atoms with van der Waals surface area (Å²) in [4.78, 5) is 0. The van der Waals surface area contributed by atoms with Crippen molar-refractivity contribution < 1.29 is 9.84 Å². The summed E-state index contributed by atoms with van der Waals surface area (Å²) in [5, 5.41) is 14.1. The summed E-state index contributed by atoms with van der Waals surface area (Å²) in [5.74, 6) is 1.99. The molecule has 112 valence electrons. The third-order valence-electron chi connectivity index (χ3n) is 3.73. The zero-order valence-electron chi connectivity index (χ0n) is 12.4. The molecule has 1 saturated carbocycles. The maximum absolute atomic E-state index is 9.71. The van der Waals surface area contributed by atoms with Gasteiger partial charge < -0.3 is 15.2 Å². The smallest absolute Gasteiger partial charge is 0.161 e. The molecule has 1 aliphatic rings. The van der Waals surface area contributed by atoms with Crippen molar-refractivity contribution in [3.05, 3.63) is 23.8 Å². The fourth-order valence-electron chi connectivity index (χ4n) is 2.76. The molecule has 0 amide bonds. The van der Waals surface area contributed by atoms with Gasteiger partial charge in [0.15, 0.2) is 11.5 Å². The van der Waals surface area contributed by atoms with Crippen LogP contribution in [0.4, 0.5) is 0 Å². The van der Waals surface area contributed by atoms with Crippen LogP contribution in [-0.2, 0) is 6.54 Å². The van der Waals surface area contributed by atoms with Crippen LogP contribution < -0.4 is 10.1 Å². The molecule has 1 aromatic rings. The van der Waals surface area contributed by atoms with Gasteiger partial charge >= 0.3 is 0 Å². The predicted octanol–water partition coefficient (Wildman–Crippen LogP) is 3.55. The standard InChI is InChI=1S/C16H25NO2S/c1-3-19-15-10-12(8-9-14(15)18)11-17-13-6-5-7-16(13)20-4-2/h8-10,13,16-18H,3-7,11H2,1-2H3. The molecule has 2 atom stereocenters. The molecule has 4 heteroatoms. The topological polar surface area (TPSA) is 41.5 Å². The van der Waals surface area contributed by atoms with Crippen molar-refractivity contribution in [2.75, 3.05) is 12.4 Å². The Labute approximate surface area is 126 Å². The van der Waals surface area contributed by atoms with Gasteiger partial charge in [-0.3, -0.25) is 0 Å². The lowest BCUT2D eigenvalue weighted by molar-refractivity contribution is 0.317. The Morgan fingerprint density at radius 1 is 1.35 bits per heavy atom. The molecule has 1 aromatic carbocycles. The van der Waals surface area contributed by atoms with Crippen LogP contribution in [0.25, 0.3) is 0 Å². The molecule has 1 fully saturated rings. The molecule has 0 heterocycles. The van der Waals surface area contributed by atoms with Crippen LogP contribution in [0, 0.1) is 0 Å². The van der Waals surface area contributed by atoms with E-state index in [1.165, 1.54) is 30.6 Å². The second-order valence-corrected chi connectivity index (χ2v) is 6.66. The second kappa shape index (κ2) is 7.79. The van der Waals surface area contributed by atoms with Gasteiger partial charge in [0.05, 0.1) is 6.61 Å². The maximum atomic E-state index is 9.71. The number of aromatic hydroxyl groups is 1. The average molecular weight is 295 g/mol. The molecule has 0 saturated heterocycles. The number of hydrogen-bond acceptors (Lipinski definition) is 4. The molecular weight excluding hydrogens is 270 g/mol. The first-order chi connectivity index (χ1) is 9.74. The Bertz CT molecular complexity index is 425. The largest absolute Gasteiger partial charge is 0.504 e. The minimum absolute atomic E-state index is 0.218. The number of nitrogens with one attached hydrogen (secondary N) is 1. The fraction of sp³-hybridized carbons (Fsp3) is 0.625. The van der Waals surface area contributed by atoms with E-state index in [0.29, 0.717) is 18.4 Å². The van der Waals surface area contributed by atoms with E-state index in [1.807, 2.05) is 19.1 Å². The highest BCUT2D eigenvalue weighted by Gasteiger charge is 2.26. The van der Waals surface area contributed by atoms with E-state index < -0.39 is 0 Å². The first kappa shape index (κ1) is 15.5. The number of rotatable bonds is 7. The van der Waals surface area contributed by atoms with Crippen molar-refractivity contribution in [2.24, 2.45) is 0 Å². The van der Waals surface area contributed by atoms with E-state index in [4.69, 9.17) is 4.74 Å². The summed E-state index contributed by atoms with van der Waals surface area (Å²) in [7, 11) is 0. The van der Waals surface area contributed by atoms with Crippen molar-refractivity contribution in [2.45, 2.75) is 50.9 Å². The molecule has 0 spiro atoms. The van der Waals surface area contributed by atoms with Gasteiger partial charge in [0, 0.05) is 17.8 Å². The maximum Gasteiger partial charge on any atom is 0.161 e. The highest BCUT2D eigenvalue weighted by atomic mass is 32.2. The van der Waals surface area contributed by atoms with E-state index in [0.717, 1.165) is 11.8 Å². The van der Waals surface area contributed by atoms with Crippen molar-refractivity contribution in [1.29, 1.82) is 0 Å². The number of phenolic OH excluding ortho intramolecular Hbond substituents is 1. The third-order valence-corrected chi connectivity index (χ3v) is 5.05. The van der Waals surface area contributed by atoms with Crippen molar-refractivity contribution in [3.8, 4) is 11.5 Å². The highest BCUT2D eigenvalue weighted by molar-refractivity contribution is 7.99. The zero-order chi connectivity index (χ0) is 14.4. The molecule has 0 aliphatic heterocycles. The lowest BCUT2D eigenvalue weighted by Gasteiger charge is -2.20. The van der Waals surface area contributed by atoms with Crippen LogP contribution >= 0.6 is 11.8 Å². The van der Waals surface area contributed by atoms with E-state index in [1.54, 1.807) is 6.07 Å². The van der Waals surface area contributed by atoms with E-state index in [2.05, 4.69) is 24.0 Å². The summed E-state index contributed by atoms with van der Waals surface area (Å²) in [6.45, 7) is 5.57. The van der Waals surface area contributed by atoms with Crippen molar-refractivity contribution in [3.63, 3.8) is 0 Å². The van der Waals surface area contributed by atoms with Crippen molar-refractivity contribution >= 4 is 11.8 Å². The average Bonchev–Trinajstić information content (AvgIpc) is 2.88. The van der Waals surface area contributed by atoms with Crippen molar-refractivity contribution in [1.82, 2.24) is 5.32 Å². The van der Waals surface area contributed by atoms with E-state index in [9.17, 15) is 5.11 Å². The Kier molecular flexibility index (Phi) is 6.05. The Morgan fingerprint density at radius 3 is 2.95 bits per heavy atom. The Morgan fingerprint density at radius 2 is 2.20 bits per heavy atom. The van der Waals surface area contributed by atoms with Crippen LogP contribution in [0.3, 0.4) is 0 Å². The third kappa shape index (κ3) is 4.06. The minimum atomic E-state index is 0.218. The first-order valence-electron chi connectivity index (χ1n) is 7.54. The molecule has 0 aromatic heterocycles. The Balaban J connectivity index is 1.91. The second-order valence-electron chi connectivity index (χ2n) is 5.15. The zero-order valence-corrected chi connectivity index (χ0v) is 13.2. The molecule has 1 aliphatic carbocycles. The molecule has 0 bridgehead atoms. The highest BCUT2D eigenvalue weighted by Crippen LogP contribution is 2.31.